The molecular formula is C44H83N3O9. The van der Waals surface area contributed by atoms with Crippen molar-refractivity contribution in [1.82, 2.24) is 10.2 Å². The van der Waals surface area contributed by atoms with Crippen molar-refractivity contribution >= 4 is 23.6 Å². The number of carboxylic acids is 1. The largest absolute Gasteiger partial charge is 0.481 e. The van der Waals surface area contributed by atoms with Crippen LogP contribution in [0.5, 0.6) is 0 Å². The van der Waals surface area contributed by atoms with Crippen molar-refractivity contribution in [1.29, 1.82) is 0 Å². The number of aliphatic hydroxyl groups is 3. The molecule has 2 amide bonds. The zero-order chi connectivity index (χ0) is 41.4. The van der Waals surface area contributed by atoms with E-state index in [2.05, 4.69) is 19.2 Å². The van der Waals surface area contributed by atoms with Gasteiger partial charge in [0.25, 0.3) is 0 Å². The predicted octanol–water partition coefficient (Wildman–Crippen LogP) is 7.67. The molecule has 7 N–H and O–H groups in total. The van der Waals surface area contributed by atoms with E-state index in [1.807, 2.05) is 0 Å². The molecule has 0 radical (unpaired) electrons. The third-order valence-corrected chi connectivity index (χ3v) is 11.4. The first-order valence-electron chi connectivity index (χ1n) is 22.8. The van der Waals surface area contributed by atoms with E-state index in [0.717, 1.165) is 44.9 Å². The van der Waals surface area contributed by atoms with Crippen LogP contribution in [0.1, 0.15) is 206 Å². The van der Waals surface area contributed by atoms with Gasteiger partial charge >= 0.3 is 5.97 Å². The number of aliphatic carboxylic acids is 1. The van der Waals surface area contributed by atoms with Gasteiger partial charge in [-0.05, 0) is 12.8 Å². The molecule has 0 spiro atoms. The average Bonchev–Trinajstić information content (AvgIpc) is 3.17. The second-order valence-corrected chi connectivity index (χ2v) is 16.3. The van der Waals surface area contributed by atoms with Gasteiger partial charge in [0.2, 0.25) is 17.7 Å². The SMILES string of the molecule is CCCCCCCCCCCCCCCCCC(=O)N(CCCCCCCCCCCCCC)[C@]1(N)O[C@H](CO)[C@H](O)[C@H](O)[C@H]1C(=O)CNC(=O)CCC(=O)O. The minimum atomic E-state index is -2.20. The molecule has 0 unspecified atom stereocenters. The van der Waals surface area contributed by atoms with Crippen LogP contribution in [0.25, 0.3) is 0 Å². The minimum Gasteiger partial charge on any atom is -0.481 e. The molecule has 1 aliphatic rings. The number of aliphatic hydroxyl groups excluding tert-OH is 3. The second-order valence-electron chi connectivity index (χ2n) is 16.3. The molecule has 1 aliphatic heterocycles. The van der Waals surface area contributed by atoms with Gasteiger partial charge < -0.3 is 35.4 Å². The maximum atomic E-state index is 14.0. The van der Waals surface area contributed by atoms with Crippen LogP contribution in [0.4, 0.5) is 0 Å². The van der Waals surface area contributed by atoms with Gasteiger partial charge in [0.1, 0.15) is 18.1 Å². The predicted molar refractivity (Wildman–Crippen MR) is 222 cm³/mol. The van der Waals surface area contributed by atoms with Crippen LogP contribution < -0.4 is 11.1 Å². The number of nitrogens with two attached hydrogens (primary N) is 1. The molecule has 56 heavy (non-hydrogen) atoms. The number of ketones is 1. The molecule has 12 nitrogen and oxygen atoms in total. The molecule has 0 aromatic heterocycles. The van der Waals surface area contributed by atoms with E-state index in [1.165, 1.54) is 120 Å². The standard InChI is InChI=1S/C44H83N3O9/c1-3-5-7-9-11-13-15-17-18-19-20-22-24-26-28-30-39(51)47(33-29-27-25-23-21-16-14-12-10-8-6-4-2)44(45)41(43(55)42(54)37(35-48)56-44)36(49)34-46-38(50)31-32-40(52)53/h37,41-43,48,54-55H,3-35,45H2,1-2H3,(H,46,50)(H,52,53)/t37-,41-,42+,43-,44+/m1/s1. The molecule has 328 valence electrons. The Hall–Kier alpha value is -2.12. The lowest BCUT2D eigenvalue weighted by Gasteiger charge is -2.52. The number of hydrogen-bond acceptors (Lipinski definition) is 9. The summed E-state index contributed by atoms with van der Waals surface area (Å²) in [6.07, 6.45) is 25.9. The Morgan fingerprint density at radius 3 is 1.43 bits per heavy atom. The quantitative estimate of drug-likeness (QED) is 0.0268. The number of Topliss-reactive ketones (excluding diaryl/α,β-unsaturated/α-hetero) is 1. The van der Waals surface area contributed by atoms with E-state index in [-0.39, 0.29) is 25.3 Å². The maximum Gasteiger partial charge on any atom is 0.303 e. The zero-order valence-corrected chi connectivity index (χ0v) is 35.5. The zero-order valence-electron chi connectivity index (χ0n) is 35.5. The van der Waals surface area contributed by atoms with Crippen molar-refractivity contribution in [2.75, 3.05) is 19.7 Å². The summed E-state index contributed by atoms with van der Waals surface area (Å²) in [7, 11) is 0. The number of hydrogen-bond donors (Lipinski definition) is 6. The van der Waals surface area contributed by atoms with Gasteiger partial charge in [0.15, 0.2) is 5.78 Å². The van der Waals surface area contributed by atoms with Crippen molar-refractivity contribution in [2.24, 2.45) is 11.7 Å². The Balaban J connectivity index is 2.83. The number of carbonyl (C=O) groups excluding carboxylic acids is 3. The number of carbonyl (C=O) groups is 4. The minimum absolute atomic E-state index is 0.154. The summed E-state index contributed by atoms with van der Waals surface area (Å²) in [5, 5.41) is 43.3. The summed E-state index contributed by atoms with van der Waals surface area (Å²) in [4.78, 5) is 52.1. The summed E-state index contributed by atoms with van der Waals surface area (Å²) in [5.41, 5.74) is 6.86. The van der Waals surface area contributed by atoms with E-state index in [0.29, 0.717) is 12.8 Å². The highest BCUT2D eigenvalue weighted by molar-refractivity contribution is 5.90. The summed E-state index contributed by atoms with van der Waals surface area (Å²) in [5.74, 6) is -6.79. The van der Waals surface area contributed by atoms with Crippen molar-refractivity contribution in [3.63, 3.8) is 0 Å². The first-order valence-corrected chi connectivity index (χ1v) is 22.8. The van der Waals surface area contributed by atoms with Gasteiger partial charge in [0.05, 0.1) is 25.7 Å². The molecule has 1 heterocycles. The molecule has 0 aromatic carbocycles. The van der Waals surface area contributed by atoms with Gasteiger partial charge in [0, 0.05) is 19.4 Å². The lowest BCUT2D eigenvalue weighted by molar-refractivity contribution is -0.291. The topological polar surface area (TPSA) is 200 Å². The summed E-state index contributed by atoms with van der Waals surface area (Å²) >= 11 is 0. The van der Waals surface area contributed by atoms with E-state index in [4.69, 9.17) is 15.6 Å². The van der Waals surface area contributed by atoms with Crippen molar-refractivity contribution in [3.05, 3.63) is 0 Å². The van der Waals surface area contributed by atoms with Crippen LogP contribution in [-0.4, -0.2) is 92.8 Å². The van der Waals surface area contributed by atoms with E-state index in [9.17, 15) is 34.5 Å². The maximum absolute atomic E-state index is 14.0. The van der Waals surface area contributed by atoms with Crippen LogP contribution in [0.15, 0.2) is 0 Å². The second kappa shape index (κ2) is 32.8. The van der Waals surface area contributed by atoms with Gasteiger partial charge in [-0.15, -0.1) is 0 Å². The lowest BCUT2D eigenvalue weighted by atomic mass is 9.82. The molecule has 5 atom stereocenters. The molecule has 0 bridgehead atoms. The number of nitrogens with zero attached hydrogens (tertiary/aromatic N) is 1. The number of nitrogens with one attached hydrogen (secondary N) is 1. The third kappa shape index (κ3) is 22.1. The number of amides is 2. The molecular weight excluding hydrogens is 714 g/mol. The molecule has 0 saturated carbocycles. The van der Waals surface area contributed by atoms with Crippen LogP contribution in [0, 0.1) is 5.92 Å². The van der Waals surface area contributed by atoms with Crippen LogP contribution in [0.3, 0.4) is 0 Å². The summed E-state index contributed by atoms with van der Waals surface area (Å²) in [6.45, 7) is 3.30. The Labute approximate surface area is 339 Å². The molecule has 1 fully saturated rings. The molecule has 1 saturated heterocycles. The number of rotatable bonds is 37. The molecule has 0 aromatic rings. The Morgan fingerprint density at radius 2 is 1.02 bits per heavy atom. The monoisotopic (exact) mass is 798 g/mol. The number of unbranched alkanes of at least 4 members (excludes halogenated alkanes) is 25. The van der Waals surface area contributed by atoms with Crippen LogP contribution in [0.2, 0.25) is 0 Å². The van der Waals surface area contributed by atoms with Crippen molar-refractivity contribution in [3.8, 4) is 0 Å². The molecule has 1 rings (SSSR count). The highest BCUT2D eigenvalue weighted by atomic mass is 16.6. The summed E-state index contributed by atoms with van der Waals surface area (Å²) in [6, 6.07) is 0. The first-order chi connectivity index (χ1) is 27.0. The smallest absolute Gasteiger partial charge is 0.303 e. The van der Waals surface area contributed by atoms with Gasteiger partial charge in [-0.25, -0.2) is 0 Å². The summed E-state index contributed by atoms with van der Waals surface area (Å²) < 4.78 is 6.01. The fourth-order valence-electron chi connectivity index (χ4n) is 7.84. The van der Waals surface area contributed by atoms with E-state index in [1.54, 1.807) is 0 Å². The fourth-order valence-corrected chi connectivity index (χ4v) is 7.84. The normalized spacial score (nSPS) is 20.9. The fraction of sp³-hybridized carbons (Fsp3) is 0.909. The Bertz CT molecular complexity index is 1050. The lowest BCUT2D eigenvalue weighted by Crippen LogP contribution is -2.75. The van der Waals surface area contributed by atoms with Crippen LogP contribution in [-0.2, 0) is 23.9 Å². The highest BCUT2D eigenvalue weighted by Gasteiger charge is 2.58. The van der Waals surface area contributed by atoms with Crippen molar-refractivity contribution in [2.45, 2.75) is 231 Å². The highest BCUT2D eigenvalue weighted by Crippen LogP contribution is 2.36. The Morgan fingerprint density at radius 1 is 0.607 bits per heavy atom. The van der Waals surface area contributed by atoms with Crippen molar-refractivity contribution < 1.29 is 44.3 Å². The number of ether oxygens (including phenoxy) is 1. The average molecular weight is 798 g/mol. The molecule has 0 aliphatic carbocycles. The molecule has 12 heteroatoms. The Kier molecular flexibility index (Phi) is 30.4. The first kappa shape index (κ1) is 51.9. The van der Waals surface area contributed by atoms with Gasteiger partial charge in [-0.3, -0.25) is 24.9 Å². The van der Waals surface area contributed by atoms with E-state index >= 15 is 0 Å². The van der Waals surface area contributed by atoms with Gasteiger partial charge in [-0.1, -0.05) is 174 Å². The van der Waals surface area contributed by atoms with Crippen LogP contribution >= 0.6 is 0 Å². The van der Waals surface area contributed by atoms with Gasteiger partial charge in [-0.2, -0.15) is 0 Å². The number of carboxylic acid groups (broad SMARTS) is 1. The third-order valence-electron chi connectivity index (χ3n) is 11.4. The van der Waals surface area contributed by atoms with E-state index < -0.39 is 67.3 Å².